The summed E-state index contributed by atoms with van der Waals surface area (Å²) in [5.74, 6) is 1.13. The van der Waals surface area contributed by atoms with E-state index in [9.17, 15) is 0 Å². The fourth-order valence-electron chi connectivity index (χ4n) is 1.16. The molecule has 2 rings (SSSR count). The molecule has 0 spiro atoms. The summed E-state index contributed by atoms with van der Waals surface area (Å²) in [7, 11) is 0. The molecule has 0 bridgehead atoms. The van der Waals surface area contributed by atoms with Crippen molar-refractivity contribution in [2.45, 2.75) is 19.3 Å². The number of nitrogens with zero attached hydrogens (tertiary/aromatic N) is 2. The largest absolute Gasteiger partial charge is 0.359 e. The maximum atomic E-state index is 5.63. The van der Waals surface area contributed by atoms with Crippen LogP contribution in [0.15, 0.2) is 22.9 Å². The van der Waals surface area contributed by atoms with Crippen LogP contribution in [0.3, 0.4) is 0 Å². The number of aromatic nitrogens is 3. The predicted octanol–water partition coefficient (Wildman–Crippen LogP) is 1.30. The fourth-order valence-corrected chi connectivity index (χ4v) is 1.16. The molecule has 5 nitrogen and oxygen atoms in total. The van der Waals surface area contributed by atoms with Crippen molar-refractivity contribution in [2.75, 3.05) is 6.54 Å². The van der Waals surface area contributed by atoms with Crippen LogP contribution in [0.4, 0.5) is 0 Å². The van der Waals surface area contributed by atoms with Gasteiger partial charge in [-0.3, -0.25) is 0 Å². The van der Waals surface area contributed by atoms with Gasteiger partial charge in [0.1, 0.15) is 0 Å². The maximum Gasteiger partial charge on any atom is 0.233 e. The third-order valence-electron chi connectivity index (χ3n) is 2.35. The molecule has 2 aromatic rings. The summed E-state index contributed by atoms with van der Waals surface area (Å²) < 4.78 is 5.18. The zero-order chi connectivity index (χ0) is 10.9. The van der Waals surface area contributed by atoms with Crippen molar-refractivity contribution in [3.05, 3.63) is 24.2 Å². The minimum Gasteiger partial charge on any atom is -0.359 e. The molecule has 2 heterocycles. The number of rotatable bonds is 3. The lowest BCUT2D eigenvalue weighted by Crippen LogP contribution is -2.28. The monoisotopic (exact) mass is 206 g/mol. The van der Waals surface area contributed by atoms with E-state index >= 15 is 0 Å². The molecule has 0 aromatic carbocycles. The van der Waals surface area contributed by atoms with Crippen molar-refractivity contribution in [1.82, 2.24) is 15.1 Å². The first-order valence-electron chi connectivity index (χ1n) is 4.81. The lowest BCUT2D eigenvalue weighted by atomic mass is 9.94. The molecule has 0 aliphatic heterocycles. The average Bonchev–Trinajstić information content (AvgIpc) is 2.88. The average molecular weight is 206 g/mol. The van der Waals surface area contributed by atoms with Gasteiger partial charge in [-0.1, -0.05) is 5.16 Å². The summed E-state index contributed by atoms with van der Waals surface area (Å²) in [6.07, 6.45) is 1.82. The first-order chi connectivity index (χ1) is 7.13. The Balaban J connectivity index is 2.33. The smallest absolute Gasteiger partial charge is 0.233 e. The molecular weight excluding hydrogens is 192 g/mol. The molecule has 80 valence electrons. The van der Waals surface area contributed by atoms with E-state index in [1.165, 1.54) is 0 Å². The quantitative estimate of drug-likeness (QED) is 0.793. The van der Waals surface area contributed by atoms with Gasteiger partial charge in [0, 0.05) is 12.7 Å². The van der Waals surface area contributed by atoms with E-state index in [1.54, 1.807) is 0 Å². The second-order valence-corrected chi connectivity index (χ2v) is 4.09. The molecule has 5 heteroatoms. The van der Waals surface area contributed by atoms with Gasteiger partial charge in [0.2, 0.25) is 11.7 Å². The molecular formula is C10H14N4O. The number of aromatic amines is 1. The highest BCUT2D eigenvalue weighted by molar-refractivity contribution is 5.47. The van der Waals surface area contributed by atoms with Gasteiger partial charge in [-0.15, -0.1) is 0 Å². The van der Waals surface area contributed by atoms with Crippen molar-refractivity contribution >= 4 is 0 Å². The van der Waals surface area contributed by atoms with Crippen LogP contribution >= 0.6 is 0 Å². The Labute approximate surface area is 87.7 Å². The molecule has 0 radical (unpaired) electrons. The normalized spacial score (nSPS) is 11.9. The molecule has 0 saturated heterocycles. The Kier molecular flexibility index (Phi) is 2.32. The highest BCUT2D eigenvalue weighted by Crippen LogP contribution is 2.22. The van der Waals surface area contributed by atoms with Crippen LogP contribution in [0.25, 0.3) is 11.5 Å². The summed E-state index contributed by atoms with van der Waals surface area (Å²) >= 11 is 0. The molecule has 0 aliphatic carbocycles. The molecule has 0 unspecified atom stereocenters. The number of H-pyrrole nitrogens is 1. The van der Waals surface area contributed by atoms with Crippen LogP contribution in [-0.4, -0.2) is 21.7 Å². The van der Waals surface area contributed by atoms with E-state index < -0.39 is 0 Å². The standard InChI is InChI=1S/C10H14N4O/c1-10(2,6-11)9-13-8(14-15-9)7-4-3-5-12-7/h3-5,12H,6,11H2,1-2H3. The maximum absolute atomic E-state index is 5.63. The molecule has 15 heavy (non-hydrogen) atoms. The SMILES string of the molecule is CC(C)(CN)c1nc(-c2ccc[nH]2)no1. The minimum atomic E-state index is -0.280. The number of nitrogens with one attached hydrogen (secondary N) is 1. The third-order valence-corrected chi connectivity index (χ3v) is 2.35. The number of hydrogen-bond donors (Lipinski definition) is 2. The fraction of sp³-hybridized carbons (Fsp3) is 0.400. The topological polar surface area (TPSA) is 80.7 Å². The third kappa shape index (κ3) is 1.78. The predicted molar refractivity (Wildman–Crippen MR) is 56.2 cm³/mol. The van der Waals surface area contributed by atoms with Crippen molar-refractivity contribution in [2.24, 2.45) is 5.73 Å². The Morgan fingerprint density at radius 1 is 1.53 bits per heavy atom. The lowest BCUT2D eigenvalue weighted by molar-refractivity contribution is 0.311. The molecule has 0 aliphatic rings. The summed E-state index contributed by atoms with van der Waals surface area (Å²) in [5.41, 5.74) is 6.20. The minimum absolute atomic E-state index is 0.280. The van der Waals surface area contributed by atoms with Crippen molar-refractivity contribution in [3.8, 4) is 11.5 Å². The van der Waals surface area contributed by atoms with Gasteiger partial charge in [-0.2, -0.15) is 4.98 Å². The zero-order valence-electron chi connectivity index (χ0n) is 8.82. The Morgan fingerprint density at radius 2 is 2.33 bits per heavy atom. The number of nitrogens with two attached hydrogens (primary N) is 1. The van der Waals surface area contributed by atoms with E-state index in [0.717, 1.165) is 5.69 Å². The van der Waals surface area contributed by atoms with Crippen LogP contribution < -0.4 is 5.73 Å². The van der Waals surface area contributed by atoms with Gasteiger partial charge in [0.25, 0.3) is 0 Å². The zero-order valence-corrected chi connectivity index (χ0v) is 8.82. The molecule has 0 atom stereocenters. The van der Waals surface area contributed by atoms with Crippen molar-refractivity contribution in [1.29, 1.82) is 0 Å². The molecule has 0 fully saturated rings. The first kappa shape index (κ1) is 9.92. The molecule has 2 aromatic heterocycles. The second-order valence-electron chi connectivity index (χ2n) is 4.09. The van der Waals surface area contributed by atoms with E-state index in [4.69, 9.17) is 10.3 Å². The number of hydrogen-bond acceptors (Lipinski definition) is 4. The summed E-state index contributed by atoms with van der Waals surface area (Å²) in [6.45, 7) is 4.41. The Bertz CT molecular complexity index is 430. The van der Waals surface area contributed by atoms with Crippen molar-refractivity contribution in [3.63, 3.8) is 0 Å². The van der Waals surface area contributed by atoms with Crippen LogP contribution in [0.5, 0.6) is 0 Å². The van der Waals surface area contributed by atoms with Crippen LogP contribution in [0.1, 0.15) is 19.7 Å². The van der Waals surface area contributed by atoms with Gasteiger partial charge in [0.05, 0.1) is 11.1 Å². The van der Waals surface area contributed by atoms with Gasteiger partial charge in [0.15, 0.2) is 0 Å². The first-order valence-corrected chi connectivity index (χ1v) is 4.81. The highest BCUT2D eigenvalue weighted by atomic mass is 16.5. The van der Waals surface area contributed by atoms with Crippen LogP contribution in [-0.2, 0) is 5.41 Å². The van der Waals surface area contributed by atoms with Gasteiger partial charge in [-0.25, -0.2) is 0 Å². The molecule has 0 saturated carbocycles. The van der Waals surface area contributed by atoms with Gasteiger partial charge < -0.3 is 15.2 Å². The van der Waals surface area contributed by atoms with Crippen molar-refractivity contribution < 1.29 is 4.52 Å². The van der Waals surface area contributed by atoms with E-state index in [2.05, 4.69) is 15.1 Å². The summed E-state index contributed by atoms with van der Waals surface area (Å²) in [5, 5.41) is 3.90. The summed E-state index contributed by atoms with van der Waals surface area (Å²) in [4.78, 5) is 7.33. The van der Waals surface area contributed by atoms with Gasteiger partial charge >= 0.3 is 0 Å². The van der Waals surface area contributed by atoms with E-state index in [-0.39, 0.29) is 5.41 Å². The lowest BCUT2D eigenvalue weighted by Gasteiger charge is -2.15. The molecule has 0 amide bonds. The van der Waals surface area contributed by atoms with Crippen LogP contribution in [0, 0.1) is 0 Å². The molecule has 3 N–H and O–H groups in total. The Hall–Kier alpha value is -1.62. The van der Waals surface area contributed by atoms with Gasteiger partial charge in [-0.05, 0) is 26.0 Å². The highest BCUT2D eigenvalue weighted by Gasteiger charge is 2.26. The second kappa shape index (κ2) is 3.51. The van der Waals surface area contributed by atoms with Crippen LogP contribution in [0.2, 0.25) is 0 Å². The van der Waals surface area contributed by atoms with E-state index in [1.807, 2.05) is 32.2 Å². The van der Waals surface area contributed by atoms with E-state index in [0.29, 0.717) is 18.3 Å². The Morgan fingerprint density at radius 3 is 2.93 bits per heavy atom. The summed E-state index contributed by atoms with van der Waals surface area (Å²) in [6, 6.07) is 3.78.